The summed E-state index contributed by atoms with van der Waals surface area (Å²) < 4.78 is 18.1. The van der Waals surface area contributed by atoms with Gasteiger partial charge in [-0.2, -0.15) is 0 Å². The summed E-state index contributed by atoms with van der Waals surface area (Å²) in [5, 5.41) is 6.00. The Kier molecular flexibility index (Phi) is 3.96. The smallest absolute Gasteiger partial charge is 0.273 e. The van der Waals surface area contributed by atoms with Crippen LogP contribution in [0.5, 0.6) is 0 Å². The molecule has 1 atom stereocenters. The van der Waals surface area contributed by atoms with Gasteiger partial charge in [-0.15, -0.1) is 0 Å². The number of hydrogen-bond acceptors (Lipinski definition) is 4. The summed E-state index contributed by atoms with van der Waals surface area (Å²) in [7, 11) is 0. The van der Waals surface area contributed by atoms with Gasteiger partial charge in [0.2, 0.25) is 5.89 Å². The number of nitrogens with zero attached hydrogens (tertiary/aromatic N) is 1. The van der Waals surface area contributed by atoms with Crippen molar-refractivity contribution in [2.24, 2.45) is 0 Å². The van der Waals surface area contributed by atoms with E-state index in [1.54, 1.807) is 12.1 Å². The molecule has 2 N–H and O–H groups in total. The molecule has 21 heavy (non-hydrogen) atoms. The van der Waals surface area contributed by atoms with Crippen molar-refractivity contribution in [3.63, 3.8) is 0 Å². The normalized spacial score (nSPS) is 17.9. The van der Waals surface area contributed by atoms with E-state index in [0.29, 0.717) is 12.4 Å². The topological polar surface area (TPSA) is 67.2 Å². The average Bonchev–Trinajstić information content (AvgIpc) is 3.17. The number of aromatic nitrogens is 1. The van der Waals surface area contributed by atoms with Crippen molar-refractivity contribution in [2.75, 3.05) is 6.54 Å². The van der Waals surface area contributed by atoms with Crippen molar-refractivity contribution in [1.29, 1.82) is 0 Å². The van der Waals surface area contributed by atoms with Gasteiger partial charge in [0.25, 0.3) is 5.91 Å². The van der Waals surface area contributed by atoms with E-state index < -0.39 is 0 Å². The second kappa shape index (κ2) is 6.05. The third-order valence-electron chi connectivity index (χ3n) is 3.48. The maximum Gasteiger partial charge on any atom is 0.273 e. The monoisotopic (exact) mass is 289 g/mol. The fourth-order valence-electron chi connectivity index (χ4n) is 2.32. The molecule has 1 aliphatic heterocycles. The van der Waals surface area contributed by atoms with Crippen molar-refractivity contribution in [3.8, 4) is 0 Å². The largest absolute Gasteiger partial charge is 0.446 e. The lowest BCUT2D eigenvalue weighted by molar-refractivity contribution is 0.0946. The maximum atomic E-state index is 12.8. The molecule has 0 saturated carbocycles. The van der Waals surface area contributed by atoms with Crippen LogP contribution in [-0.2, 0) is 6.54 Å². The van der Waals surface area contributed by atoms with Crippen LogP contribution in [0, 0.1) is 5.82 Å². The van der Waals surface area contributed by atoms with Crippen molar-refractivity contribution in [1.82, 2.24) is 15.6 Å². The number of hydrogen-bond donors (Lipinski definition) is 2. The highest BCUT2D eigenvalue weighted by atomic mass is 19.1. The first kappa shape index (κ1) is 13.8. The van der Waals surface area contributed by atoms with E-state index in [1.165, 1.54) is 18.4 Å². The molecule has 0 aliphatic carbocycles. The summed E-state index contributed by atoms with van der Waals surface area (Å²) in [5.41, 5.74) is 1.09. The number of amides is 1. The van der Waals surface area contributed by atoms with Crippen molar-refractivity contribution in [3.05, 3.63) is 53.5 Å². The molecule has 0 bridgehead atoms. The Morgan fingerprint density at radius 1 is 1.43 bits per heavy atom. The summed E-state index contributed by atoms with van der Waals surface area (Å²) in [4.78, 5) is 16.2. The Labute approximate surface area is 121 Å². The second-order valence-corrected chi connectivity index (χ2v) is 5.03. The van der Waals surface area contributed by atoms with Gasteiger partial charge in [-0.25, -0.2) is 9.37 Å². The summed E-state index contributed by atoms with van der Waals surface area (Å²) >= 11 is 0. The molecule has 1 saturated heterocycles. The van der Waals surface area contributed by atoms with Crippen molar-refractivity contribution in [2.45, 2.75) is 25.4 Å². The van der Waals surface area contributed by atoms with Crippen LogP contribution in [0.3, 0.4) is 0 Å². The van der Waals surface area contributed by atoms with Crippen LogP contribution in [0.25, 0.3) is 0 Å². The molecule has 1 unspecified atom stereocenters. The zero-order valence-corrected chi connectivity index (χ0v) is 11.4. The molecule has 3 rings (SSSR count). The van der Waals surface area contributed by atoms with Crippen LogP contribution < -0.4 is 10.6 Å². The number of carbonyl (C=O) groups excluding carboxylic acids is 1. The van der Waals surface area contributed by atoms with Gasteiger partial charge in [-0.1, -0.05) is 12.1 Å². The van der Waals surface area contributed by atoms with E-state index >= 15 is 0 Å². The fourth-order valence-corrected chi connectivity index (χ4v) is 2.32. The van der Waals surface area contributed by atoms with Gasteiger partial charge in [-0.05, 0) is 37.1 Å². The molecule has 6 heteroatoms. The van der Waals surface area contributed by atoms with Gasteiger partial charge in [0.15, 0.2) is 5.69 Å². The number of oxazole rings is 1. The highest BCUT2D eigenvalue weighted by Crippen LogP contribution is 2.22. The van der Waals surface area contributed by atoms with Gasteiger partial charge in [0.1, 0.15) is 12.1 Å². The summed E-state index contributed by atoms with van der Waals surface area (Å²) in [6, 6.07) is 6.09. The number of nitrogens with one attached hydrogen (secondary N) is 2. The Morgan fingerprint density at radius 2 is 2.24 bits per heavy atom. The van der Waals surface area contributed by atoms with Gasteiger partial charge in [0, 0.05) is 6.54 Å². The Bertz CT molecular complexity index is 618. The van der Waals surface area contributed by atoms with E-state index in [1.807, 2.05) is 0 Å². The molecule has 2 heterocycles. The minimum absolute atomic E-state index is 0.101. The molecule has 1 aliphatic rings. The molecular formula is C15H16FN3O2. The van der Waals surface area contributed by atoms with Crippen molar-refractivity contribution < 1.29 is 13.6 Å². The Morgan fingerprint density at radius 3 is 2.95 bits per heavy atom. The molecule has 0 spiro atoms. The summed E-state index contributed by atoms with van der Waals surface area (Å²) in [6.07, 6.45) is 3.42. The van der Waals surface area contributed by atoms with Crippen LogP contribution in [0.2, 0.25) is 0 Å². The van der Waals surface area contributed by atoms with Gasteiger partial charge in [-0.3, -0.25) is 4.79 Å². The highest BCUT2D eigenvalue weighted by Gasteiger charge is 2.22. The van der Waals surface area contributed by atoms with Gasteiger partial charge < -0.3 is 15.1 Å². The highest BCUT2D eigenvalue weighted by molar-refractivity contribution is 5.91. The molecule has 1 aromatic heterocycles. The van der Waals surface area contributed by atoms with Crippen LogP contribution in [0.1, 0.15) is 40.8 Å². The minimum Gasteiger partial charge on any atom is -0.446 e. The van der Waals surface area contributed by atoms with Crippen LogP contribution in [0.15, 0.2) is 34.9 Å². The first-order valence-electron chi connectivity index (χ1n) is 6.94. The SMILES string of the molecule is O=C(NCc1ccc(F)cc1)c1coc(C2CCCN2)n1. The third kappa shape index (κ3) is 3.28. The van der Waals surface area contributed by atoms with E-state index in [4.69, 9.17) is 4.42 Å². The van der Waals surface area contributed by atoms with E-state index in [0.717, 1.165) is 24.9 Å². The lowest BCUT2D eigenvalue weighted by atomic mass is 10.2. The number of carbonyl (C=O) groups is 1. The van der Waals surface area contributed by atoms with Crippen LogP contribution >= 0.6 is 0 Å². The standard InChI is InChI=1S/C15H16FN3O2/c16-11-5-3-10(4-6-11)8-18-14(20)13-9-21-15(19-13)12-2-1-7-17-12/h3-6,9,12,17H,1-2,7-8H2,(H,18,20). The zero-order valence-electron chi connectivity index (χ0n) is 11.4. The molecule has 2 aromatic rings. The summed E-state index contributed by atoms with van der Waals surface area (Å²) in [6.45, 7) is 1.27. The molecule has 1 fully saturated rings. The van der Waals surface area contributed by atoms with E-state index in [-0.39, 0.29) is 23.5 Å². The van der Waals surface area contributed by atoms with Gasteiger partial charge >= 0.3 is 0 Å². The predicted molar refractivity (Wildman–Crippen MR) is 74.1 cm³/mol. The molecule has 1 amide bonds. The lowest BCUT2D eigenvalue weighted by Crippen LogP contribution is -2.23. The quantitative estimate of drug-likeness (QED) is 0.905. The zero-order chi connectivity index (χ0) is 14.7. The third-order valence-corrected chi connectivity index (χ3v) is 3.48. The Hall–Kier alpha value is -2.21. The van der Waals surface area contributed by atoms with Crippen LogP contribution in [0.4, 0.5) is 4.39 Å². The average molecular weight is 289 g/mol. The Balaban J connectivity index is 1.59. The minimum atomic E-state index is -0.299. The van der Waals surface area contributed by atoms with E-state index in [2.05, 4.69) is 15.6 Å². The number of rotatable bonds is 4. The predicted octanol–water partition coefficient (Wildman–Crippen LogP) is 2.17. The number of benzene rings is 1. The lowest BCUT2D eigenvalue weighted by Gasteiger charge is -2.04. The molecule has 1 aromatic carbocycles. The van der Waals surface area contributed by atoms with Crippen molar-refractivity contribution >= 4 is 5.91 Å². The maximum absolute atomic E-state index is 12.8. The summed E-state index contributed by atoms with van der Waals surface area (Å²) in [5.74, 6) is -0.0398. The van der Waals surface area contributed by atoms with Crippen LogP contribution in [-0.4, -0.2) is 17.4 Å². The molecule has 0 radical (unpaired) electrons. The molecular weight excluding hydrogens is 273 g/mol. The first-order valence-corrected chi connectivity index (χ1v) is 6.94. The first-order chi connectivity index (χ1) is 10.2. The fraction of sp³-hybridized carbons (Fsp3) is 0.333. The van der Waals surface area contributed by atoms with E-state index in [9.17, 15) is 9.18 Å². The second-order valence-electron chi connectivity index (χ2n) is 5.03. The molecule has 110 valence electrons. The van der Waals surface area contributed by atoms with Gasteiger partial charge in [0.05, 0.1) is 6.04 Å². The number of halogens is 1. The molecule has 5 nitrogen and oxygen atoms in total.